The molecule has 0 spiro atoms. The quantitative estimate of drug-likeness (QED) is 0.573. The molecule has 1 aromatic heterocycles. The molecule has 186 valence electrons. The van der Waals surface area contributed by atoms with Crippen molar-refractivity contribution in [2.24, 2.45) is 5.41 Å². The highest BCUT2D eigenvalue weighted by molar-refractivity contribution is 5.97. The largest absolute Gasteiger partial charge is 0.492 e. The van der Waals surface area contributed by atoms with Crippen LogP contribution < -0.4 is 15.1 Å². The molecule has 2 fully saturated rings. The number of aromatic nitrogens is 1. The van der Waals surface area contributed by atoms with Gasteiger partial charge in [0.2, 0.25) is 5.43 Å². The van der Waals surface area contributed by atoms with Crippen LogP contribution in [0.5, 0.6) is 5.75 Å². The lowest BCUT2D eigenvalue weighted by atomic mass is 9.81. The summed E-state index contributed by atoms with van der Waals surface area (Å²) in [7, 11) is 1.32. The number of aliphatic hydroxyl groups is 1. The Balaban J connectivity index is 1.78. The van der Waals surface area contributed by atoms with Crippen molar-refractivity contribution in [1.29, 1.82) is 0 Å². The summed E-state index contributed by atoms with van der Waals surface area (Å²) in [5, 5.41) is 19.8. The number of anilines is 1. The zero-order valence-electron chi connectivity index (χ0n) is 18.8. The predicted octanol–water partition coefficient (Wildman–Crippen LogP) is 4.10. The van der Waals surface area contributed by atoms with Crippen molar-refractivity contribution in [3.05, 3.63) is 33.9 Å². The third kappa shape index (κ3) is 4.33. The second-order valence-electron chi connectivity index (χ2n) is 9.45. The fourth-order valence-electron chi connectivity index (χ4n) is 4.82. The molecule has 1 aromatic carbocycles. The summed E-state index contributed by atoms with van der Waals surface area (Å²) in [4.78, 5) is 26.0. The van der Waals surface area contributed by atoms with E-state index in [0.29, 0.717) is 6.42 Å². The normalized spacial score (nSPS) is 21.8. The third-order valence-corrected chi connectivity index (χ3v) is 6.90. The Hall–Kier alpha value is -2.82. The summed E-state index contributed by atoms with van der Waals surface area (Å²) in [5.41, 5.74) is -1.87. The van der Waals surface area contributed by atoms with Crippen molar-refractivity contribution in [2.45, 2.75) is 57.3 Å². The number of carbonyl (C=O) groups is 1. The van der Waals surface area contributed by atoms with Crippen molar-refractivity contribution in [2.75, 3.05) is 25.1 Å². The molecule has 0 amide bonds. The Morgan fingerprint density at radius 3 is 2.59 bits per heavy atom. The smallest absolute Gasteiger partial charge is 0.389 e. The standard InChI is InChI=1S/C23H26F4N2O5/c1-22(16(30)5-6-23(25,26)27)7-8-28(11-22)18-15(24)9-13-17(20(18)34-2)29(12-3-4-12)10-14(19(13)31)21(32)33/h9-10,12,16,30H,3-8,11H2,1-2H3,(H,32,33). The topological polar surface area (TPSA) is 92.0 Å². The summed E-state index contributed by atoms with van der Waals surface area (Å²) >= 11 is 0. The number of carboxylic acids is 1. The van der Waals surface area contributed by atoms with Gasteiger partial charge in [0.05, 0.1) is 24.1 Å². The lowest BCUT2D eigenvalue weighted by molar-refractivity contribution is -0.143. The maximum absolute atomic E-state index is 15.4. The van der Waals surface area contributed by atoms with Gasteiger partial charge in [0.25, 0.3) is 0 Å². The molecule has 2 heterocycles. The first-order chi connectivity index (χ1) is 15.9. The Morgan fingerprint density at radius 1 is 1.35 bits per heavy atom. The number of hydrogen-bond donors (Lipinski definition) is 2. The second-order valence-corrected chi connectivity index (χ2v) is 9.45. The molecule has 4 rings (SSSR count). The number of rotatable bonds is 7. The van der Waals surface area contributed by atoms with E-state index in [2.05, 4.69) is 0 Å². The van der Waals surface area contributed by atoms with E-state index in [1.165, 1.54) is 13.3 Å². The molecule has 1 saturated heterocycles. The van der Waals surface area contributed by atoms with Gasteiger partial charge >= 0.3 is 12.1 Å². The SMILES string of the molecule is COc1c(N2CCC(C)(C(O)CCC(F)(F)F)C2)c(F)cc2c(=O)c(C(=O)O)cn(C3CC3)c12. The third-order valence-electron chi connectivity index (χ3n) is 6.90. The molecule has 2 unspecified atom stereocenters. The highest BCUT2D eigenvalue weighted by atomic mass is 19.4. The van der Waals surface area contributed by atoms with Crippen LogP contribution in [-0.2, 0) is 0 Å². The highest BCUT2D eigenvalue weighted by Gasteiger charge is 2.43. The minimum atomic E-state index is -4.38. The van der Waals surface area contributed by atoms with Crippen LogP contribution in [0.1, 0.15) is 55.4 Å². The number of hydrogen-bond acceptors (Lipinski definition) is 5. The minimum absolute atomic E-state index is 0.0404. The van der Waals surface area contributed by atoms with Gasteiger partial charge in [-0.1, -0.05) is 6.92 Å². The summed E-state index contributed by atoms with van der Waals surface area (Å²) in [6.07, 6.45) is -4.08. The van der Waals surface area contributed by atoms with Crippen LogP contribution in [0.4, 0.5) is 23.2 Å². The molecule has 11 heteroatoms. The maximum atomic E-state index is 15.4. The van der Waals surface area contributed by atoms with Gasteiger partial charge in [0.15, 0.2) is 11.6 Å². The van der Waals surface area contributed by atoms with Crippen LogP contribution >= 0.6 is 0 Å². The van der Waals surface area contributed by atoms with E-state index in [0.717, 1.165) is 18.9 Å². The Bertz CT molecular complexity index is 1190. The zero-order chi connectivity index (χ0) is 25.0. The fraction of sp³-hybridized carbons (Fsp3) is 0.565. The van der Waals surface area contributed by atoms with E-state index in [-0.39, 0.29) is 41.5 Å². The molecule has 2 N–H and O–H groups in total. The molecular formula is C23H26F4N2O5. The van der Waals surface area contributed by atoms with E-state index >= 15 is 4.39 Å². The van der Waals surface area contributed by atoms with Crippen molar-refractivity contribution in [3.63, 3.8) is 0 Å². The van der Waals surface area contributed by atoms with Crippen LogP contribution in [0.15, 0.2) is 17.1 Å². The van der Waals surface area contributed by atoms with Crippen molar-refractivity contribution < 1.29 is 37.3 Å². The highest BCUT2D eigenvalue weighted by Crippen LogP contribution is 2.47. The number of aromatic carboxylic acids is 1. The number of pyridine rings is 1. The first kappa shape index (κ1) is 24.3. The summed E-state index contributed by atoms with van der Waals surface area (Å²) in [6, 6.07) is 0.942. The van der Waals surface area contributed by atoms with E-state index in [9.17, 15) is 33.0 Å². The van der Waals surface area contributed by atoms with Gasteiger partial charge in [0.1, 0.15) is 11.3 Å². The van der Waals surface area contributed by atoms with E-state index < -0.39 is 53.3 Å². The minimum Gasteiger partial charge on any atom is -0.492 e. The molecule has 7 nitrogen and oxygen atoms in total. The fourth-order valence-corrected chi connectivity index (χ4v) is 4.82. The van der Waals surface area contributed by atoms with Crippen LogP contribution in [0, 0.1) is 11.2 Å². The molecule has 1 aliphatic heterocycles. The number of aliphatic hydroxyl groups excluding tert-OH is 1. The molecule has 2 aliphatic rings. The number of halogens is 4. The van der Waals surface area contributed by atoms with Crippen LogP contribution in [-0.4, -0.2) is 53.2 Å². The van der Waals surface area contributed by atoms with Crippen LogP contribution in [0.3, 0.4) is 0 Å². The van der Waals surface area contributed by atoms with E-state index in [1.54, 1.807) is 16.4 Å². The Morgan fingerprint density at radius 2 is 2.03 bits per heavy atom. The van der Waals surface area contributed by atoms with Gasteiger partial charge in [-0.2, -0.15) is 13.2 Å². The predicted molar refractivity (Wildman–Crippen MR) is 116 cm³/mol. The molecular weight excluding hydrogens is 460 g/mol. The molecule has 2 aromatic rings. The van der Waals surface area contributed by atoms with Gasteiger partial charge in [-0.25, -0.2) is 9.18 Å². The molecule has 0 radical (unpaired) electrons. The molecule has 0 bridgehead atoms. The number of nitrogens with zero attached hydrogens (tertiary/aromatic N) is 2. The lowest BCUT2D eigenvalue weighted by Gasteiger charge is -2.31. The average Bonchev–Trinajstić information content (AvgIpc) is 3.52. The van der Waals surface area contributed by atoms with Crippen molar-refractivity contribution in [1.82, 2.24) is 4.57 Å². The lowest BCUT2D eigenvalue weighted by Crippen LogP contribution is -2.36. The first-order valence-corrected chi connectivity index (χ1v) is 11.0. The number of fused-ring (bicyclic) bond motifs is 1. The van der Waals surface area contributed by atoms with Crippen LogP contribution in [0.25, 0.3) is 10.9 Å². The van der Waals surface area contributed by atoms with Crippen molar-refractivity contribution >= 4 is 22.6 Å². The molecule has 2 atom stereocenters. The average molecular weight is 486 g/mol. The molecule has 1 aliphatic carbocycles. The van der Waals surface area contributed by atoms with Crippen LogP contribution in [0.2, 0.25) is 0 Å². The van der Waals surface area contributed by atoms with Crippen molar-refractivity contribution in [3.8, 4) is 5.75 Å². The number of benzene rings is 1. The van der Waals surface area contributed by atoms with Gasteiger partial charge in [-0.05, 0) is 31.7 Å². The van der Waals surface area contributed by atoms with Gasteiger partial charge in [-0.3, -0.25) is 4.79 Å². The zero-order valence-corrected chi connectivity index (χ0v) is 18.8. The molecule has 1 saturated carbocycles. The monoisotopic (exact) mass is 486 g/mol. The summed E-state index contributed by atoms with van der Waals surface area (Å²) in [6.45, 7) is 2.02. The molecule has 34 heavy (non-hydrogen) atoms. The maximum Gasteiger partial charge on any atom is 0.389 e. The van der Waals surface area contributed by atoms with Gasteiger partial charge < -0.3 is 24.4 Å². The second kappa shape index (κ2) is 8.44. The first-order valence-electron chi connectivity index (χ1n) is 11.0. The number of carboxylic acid groups (broad SMARTS) is 1. The number of alkyl halides is 3. The number of methoxy groups -OCH3 is 1. The summed E-state index contributed by atoms with van der Waals surface area (Å²) in [5.74, 6) is -2.15. The number of ether oxygens (including phenoxy) is 1. The summed E-state index contributed by atoms with van der Waals surface area (Å²) < 4.78 is 60.5. The Labute approximate surface area is 192 Å². The van der Waals surface area contributed by atoms with Gasteiger partial charge in [0, 0.05) is 37.2 Å². The van der Waals surface area contributed by atoms with Gasteiger partial charge in [-0.15, -0.1) is 0 Å². The Kier molecular flexibility index (Phi) is 6.03. The van der Waals surface area contributed by atoms with E-state index in [1.807, 2.05) is 0 Å². The van der Waals surface area contributed by atoms with E-state index in [4.69, 9.17) is 4.74 Å².